The minimum absolute atomic E-state index is 0.0372. The number of phenols is 1. The number of phenolic OH excluding ortho intramolecular Hbond substituents is 1. The third kappa shape index (κ3) is 3.04. The summed E-state index contributed by atoms with van der Waals surface area (Å²) in [5.41, 5.74) is 0.00443. The third-order valence-corrected chi connectivity index (χ3v) is 5.17. The number of thioether (sulfide) groups is 1. The molecule has 0 fully saturated rings. The van der Waals surface area contributed by atoms with Gasteiger partial charge in [0.05, 0.1) is 14.6 Å². The second-order valence-electron chi connectivity index (χ2n) is 3.79. The molecule has 0 unspecified atom stereocenters. The van der Waals surface area contributed by atoms with Gasteiger partial charge >= 0.3 is 0 Å². The third-order valence-electron chi connectivity index (χ3n) is 2.59. The van der Waals surface area contributed by atoms with Crippen LogP contribution in [-0.2, 0) is 0 Å². The summed E-state index contributed by atoms with van der Waals surface area (Å²) in [6, 6.07) is 3.47. The maximum atomic E-state index is 12.0. The predicted molar refractivity (Wildman–Crippen MR) is 91.6 cm³/mol. The van der Waals surface area contributed by atoms with Crippen molar-refractivity contribution in [3.8, 4) is 23.1 Å². The summed E-state index contributed by atoms with van der Waals surface area (Å²) < 4.78 is 1.39. The van der Waals surface area contributed by atoms with Crippen molar-refractivity contribution in [1.29, 1.82) is 5.26 Å². The zero-order valence-corrected chi connectivity index (χ0v) is 15.9. The molecule has 1 heterocycles. The van der Waals surface area contributed by atoms with Gasteiger partial charge in [0, 0.05) is 10.0 Å². The molecule has 0 saturated heterocycles. The summed E-state index contributed by atoms with van der Waals surface area (Å²) in [7, 11) is 0. The lowest BCUT2D eigenvalue weighted by molar-refractivity contribution is 0.468. The van der Waals surface area contributed by atoms with Crippen molar-refractivity contribution < 1.29 is 5.11 Å². The Morgan fingerprint density at radius 1 is 1.38 bits per heavy atom. The molecule has 2 aromatic rings. The van der Waals surface area contributed by atoms with Crippen LogP contribution in [0.4, 0.5) is 0 Å². The number of nitrogens with one attached hydrogen (secondary N) is 1. The zero-order valence-electron chi connectivity index (χ0n) is 10.4. The number of aromatic nitrogens is 2. The number of hydrogen-bond donors (Lipinski definition) is 2. The molecule has 21 heavy (non-hydrogen) atoms. The van der Waals surface area contributed by atoms with Gasteiger partial charge in [-0.3, -0.25) is 4.79 Å². The molecule has 0 aliphatic rings. The van der Waals surface area contributed by atoms with E-state index in [9.17, 15) is 15.2 Å². The van der Waals surface area contributed by atoms with Gasteiger partial charge in [0.25, 0.3) is 5.56 Å². The van der Waals surface area contributed by atoms with E-state index in [0.29, 0.717) is 24.1 Å². The quantitative estimate of drug-likeness (QED) is 0.485. The average molecular weight is 496 g/mol. The Kier molecular flexibility index (Phi) is 5.14. The van der Waals surface area contributed by atoms with Gasteiger partial charge in [0.15, 0.2) is 5.16 Å². The zero-order chi connectivity index (χ0) is 15.7. The van der Waals surface area contributed by atoms with Crippen LogP contribution in [0.5, 0.6) is 5.75 Å². The van der Waals surface area contributed by atoms with E-state index in [-0.39, 0.29) is 17.0 Å². The fourth-order valence-electron chi connectivity index (χ4n) is 1.63. The number of nitrogens with zero attached hydrogens (tertiary/aromatic N) is 2. The highest BCUT2D eigenvalue weighted by Crippen LogP contribution is 2.44. The van der Waals surface area contributed by atoms with Crippen LogP contribution in [0, 0.1) is 11.3 Å². The Balaban J connectivity index is 2.92. The van der Waals surface area contributed by atoms with Crippen LogP contribution >= 0.6 is 59.6 Å². The second kappa shape index (κ2) is 6.52. The van der Waals surface area contributed by atoms with Crippen LogP contribution in [0.1, 0.15) is 5.56 Å². The molecule has 0 saturated carbocycles. The van der Waals surface area contributed by atoms with E-state index in [1.165, 1.54) is 11.8 Å². The Hall–Kier alpha value is -0.820. The van der Waals surface area contributed by atoms with Crippen molar-refractivity contribution in [3.05, 3.63) is 35.4 Å². The highest BCUT2D eigenvalue weighted by molar-refractivity contribution is 9.11. The van der Waals surface area contributed by atoms with Gasteiger partial charge in [0.1, 0.15) is 17.4 Å². The van der Waals surface area contributed by atoms with Crippen LogP contribution in [0.15, 0.2) is 29.4 Å². The molecule has 0 aliphatic carbocycles. The maximum Gasteiger partial charge on any atom is 0.270 e. The Labute approximate surface area is 149 Å². The van der Waals surface area contributed by atoms with Gasteiger partial charge in [-0.1, -0.05) is 27.7 Å². The SMILES string of the molecule is CSc1nc(-c2c(Br)cc(Br)c(O)c2Br)c(C#N)c(=O)[nH]1. The van der Waals surface area contributed by atoms with Gasteiger partial charge in [-0.2, -0.15) is 5.26 Å². The van der Waals surface area contributed by atoms with Crippen LogP contribution in [-0.4, -0.2) is 21.3 Å². The summed E-state index contributed by atoms with van der Waals surface area (Å²) in [6.07, 6.45) is 1.76. The lowest BCUT2D eigenvalue weighted by Gasteiger charge is -2.12. The van der Waals surface area contributed by atoms with Crippen LogP contribution in [0.2, 0.25) is 0 Å². The lowest BCUT2D eigenvalue weighted by Crippen LogP contribution is -2.15. The van der Waals surface area contributed by atoms with Crippen molar-refractivity contribution in [1.82, 2.24) is 9.97 Å². The van der Waals surface area contributed by atoms with Crippen molar-refractivity contribution in [2.24, 2.45) is 0 Å². The predicted octanol–water partition coefficient (Wildman–Crippen LogP) is 4.02. The number of aromatic amines is 1. The van der Waals surface area contributed by atoms with E-state index in [1.54, 1.807) is 12.3 Å². The Morgan fingerprint density at radius 3 is 2.62 bits per heavy atom. The fraction of sp³-hybridized carbons (Fsp3) is 0.0833. The fourth-order valence-corrected chi connectivity index (χ4v) is 4.50. The molecule has 1 aromatic carbocycles. The molecule has 0 amide bonds. The Bertz CT molecular complexity index is 830. The molecule has 0 spiro atoms. The van der Waals surface area contributed by atoms with Crippen LogP contribution < -0.4 is 5.56 Å². The van der Waals surface area contributed by atoms with E-state index < -0.39 is 5.56 Å². The molecule has 0 bridgehead atoms. The number of nitriles is 1. The average Bonchev–Trinajstić information content (AvgIpc) is 2.44. The first-order chi connectivity index (χ1) is 9.90. The van der Waals surface area contributed by atoms with Gasteiger partial charge < -0.3 is 10.1 Å². The summed E-state index contributed by atoms with van der Waals surface area (Å²) >= 11 is 11.1. The van der Waals surface area contributed by atoms with Crippen molar-refractivity contribution >= 4 is 59.6 Å². The first kappa shape index (κ1) is 16.5. The molecule has 2 N–H and O–H groups in total. The highest BCUT2D eigenvalue weighted by Gasteiger charge is 2.21. The molecule has 0 radical (unpaired) electrons. The van der Waals surface area contributed by atoms with Crippen molar-refractivity contribution in [3.63, 3.8) is 0 Å². The van der Waals surface area contributed by atoms with Gasteiger partial charge in [-0.15, -0.1) is 0 Å². The van der Waals surface area contributed by atoms with Crippen LogP contribution in [0.3, 0.4) is 0 Å². The molecule has 0 aliphatic heterocycles. The largest absolute Gasteiger partial charge is 0.506 e. The smallest absolute Gasteiger partial charge is 0.270 e. The molecule has 1 aromatic heterocycles. The number of rotatable bonds is 2. The monoisotopic (exact) mass is 493 g/mol. The lowest BCUT2D eigenvalue weighted by atomic mass is 10.1. The highest BCUT2D eigenvalue weighted by atomic mass is 79.9. The molecule has 2 rings (SSSR count). The van der Waals surface area contributed by atoms with Crippen LogP contribution in [0.25, 0.3) is 11.3 Å². The molecule has 9 heteroatoms. The van der Waals surface area contributed by atoms with E-state index in [0.717, 1.165) is 0 Å². The number of benzene rings is 1. The Morgan fingerprint density at radius 2 is 2.05 bits per heavy atom. The normalized spacial score (nSPS) is 10.4. The van der Waals surface area contributed by atoms with E-state index >= 15 is 0 Å². The first-order valence-electron chi connectivity index (χ1n) is 5.36. The maximum absolute atomic E-state index is 12.0. The van der Waals surface area contributed by atoms with Gasteiger partial charge in [0.2, 0.25) is 0 Å². The topological polar surface area (TPSA) is 89.8 Å². The molecular formula is C12H6Br3N3O2S. The van der Waals surface area contributed by atoms with Crippen molar-refractivity contribution in [2.45, 2.75) is 5.16 Å². The summed E-state index contributed by atoms with van der Waals surface area (Å²) in [6.45, 7) is 0. The first-order valence-corrected chi connectivity index (χ1v) is 8.96. The minimum Gasteiger partial charge on any atom is -0.506 e. The van der Waals surface area contributed by atoms with E-state index in [4.69, 9.17) is 0 Å². The molecule has 5 nitrogen and oxygen atoms in total. The number of H-pyrrole nitrogens is 1. The van der Waals surface area contributed by atoms with Crippen molar-refractivity contribution in [2.75, 3.05) is 6.26 Å². The molecular weight excluding hydrogens is 490 g/mol. The second-order valence-corrected chi connectivity index (χ2v) is 7.09. The summed E-state index contributed by atoms with van der Waals surface area (Å²) in [5, 5.41) is 19.6. The van der Waals surface area contributed by atoms with E-state index in [1.807, 2.05) is 6.07 Å². The van der Waals surface area contributed by atoms with Gasteiger partial charge in [-0.25, -0.2) is 4.98 Å². The number of halogens is 3. The summed E-state index contributed by atoms with van der Waals surface area (Å²) in [5.74, 6) is -0.0372. The molecule has 108 valence electrons. The number of aromatic hydroxyl groups is 1. The van der Waals surface area contributed by atoms with Gasteiger partial charge in [-0.05, 0) is 44.2 Å². The minimum atomic E-state index is -0.520. The summed E-state index contributed by atoms with van der Waals surface area (Å²) in [4.78, 5) is 18.8. The molecule has 0 atom stereocenters. The number of hydrogen-bond acceptors (Lipinski definition) is 5. The standard InChI is InChI=1S/C12H6Br3N3O2S/c1-21-12-17-9(4(3-16)11(20)18-12)7-5(13)2-6(14)10(19)8(7)15/h2,19H,1H3,(H,17,18,20). The van der Waals surface area contributed by atoms with E-state index in [2.05, 4.69) is 57.8 Å².